The summed E-state index contributed by atoms with van der Waals surface area (Å²) in [5, 5.41) is 0. The lowest BCUT2D eigenvalue weighted by atomic mass is 10.9. The number of rotatable bonds is 5. The molecular weight excluding hydrogens is 184 g/mol. The minimum Gasteiger partial charge on any atom is -0.420 e. The average molecular weight is 206 g/mol. The fourth-order valence-electron chi connectivity index (χ4n) is 0.705. The summed E-state index contributed by atoms with van der Waals surface area (Å²) in [5.41, 5.74) is 0. The molecule has 0 atom stereocenters. The van der Waals surface area contributed by atoms with Gasteiger partial charge in [0.05, 0.1) is 0 Å². The molecule has 0 spiro atoms. The second-order valence-corrected chi connectivity index (χ2v) is 13.6. The Bertz CT molecular complexity index is 130. The molecule has 0 rings (SSSR count). The van der Waals surface area contributed by atoms with Gasteiger partial charge in [-0.2, -0.15) is 0 Å². The van der Waals surface area contributed by atoms with Crippen molar-refractivity contribution in [3.8, 4) is 0 Å². The van der Waals surface area contributed by atoms with Crippen LogP contribution in [0.15, 0.2) is 0 Å². The smallest absolute Gasteiger partial charge is 0.188 e. The molecule has 0 aromatic carbocycles. The van der Waals surface area contributed by atoms with Gasteiger partial charge in [-0.15, -0.1) is 0 Å². The first kappa shape index (κ1) is 12.4. The first-order chi connectivity index (χ1) is 5.27. The molecule has 0 unspecified atom stereocenters. The summed E-state index contributed by atoms with van der Waals surface area (Å²) >= 11 is 0. The van der Waals surface area contributed by atoms with Crippen molar-refractivity contribution >= 4 is 16.6 Å². The molecule has 0 saturated heterocycles. The van der Waals surface area contributed by atoms with Crippen molar-refractivity contribution in [2.45, 2.75) is 38.8 Å². The average Bonchev–Trinajstić information content (AvgIpc) is 1.84. The van der Waals surface area contributed by atoms with Gasteiger partial charge in [0.1, 0.15) is 0 Å². The highest BCUT2D eigenvalue weighted by molar-refractivity contribution is 6.71. The predicted octanol–water partition coefficient (Wildman–Crippen LogP) is 2.69. The van der Waals surface area contributed by atoms with Gasteiger partial charge in [0.2, 0.25) is 0 Å². The van der Waals surface area contributed by atoms with Crippen LogP contribution in [0, 0.1) is 0 Å². The maximum Gasteiger partial charge on any atom is 0.188 e. The minimum atomic E-state index is -1.38. The van der Waals surface area contributed by atoms with E-state index in [2.05, 4.69) is 32.7 Å². The Morgan fingerprint density at radius 2 is 1.50 bits per heavy atom. The zero-order chi connectivity index (χ0) is 9.83. The Morgan fingerprint density at radius 3 is 1.83 bits per heavy atom. The fourth-order valence-corrected chi connectivity index (χ4v) is 2.42. The summed E-state index contributed by atoms with van der Waals surface area (Å²) in [7, 11) is -0.877. The van der Waals surface area contributed by atoms with Crippen LogP contribution in [0.4, 0.5) is 0 Å². The SMILES string of the molecule is CO[Si](C)(C)CCO[Si](C)(C)C. The number of hydrogen-bond donors (Lipinski definition) is 0. The Morgan fingerprint density at radius 1 is 1.00 bits per heavy atom. The molecule has 2 nitrogen and oxygen atoms in total. The lowest BCUT2D eigenvalue weighted by Gasteiger charge is -2.23. The summed E-state index contributed by atoms with van der Waals surface area (Å²) in [6.07, 6.45) is 0. The van der Waals surface area contributed by atoms with Gasteiger partial charge < -0.3 is 8.85 Å². The van der Waals surface area contributed by atoms with Crippen LogP contribution in [-0.2, 0) is 8.85 Å². The van der Waals surface area contributed by atoms with Gasteiger partial charge in [0, 0.05) is 13.7 Å². The Labute approximate surface area is 78.5 Å². The summed E-state index contributed by atoms with van der Waals surface area (Å²) in [5.74, 6) is 0. The molecule has 0 saturated carbocycles. The van der Waals surface area contributed by atoms with Crippen molar-refractivity contribution in [1.82, 2.24) is 0 Å². The van der Waals surface area contributed by atoms with E-state index in [4.69, 9.17) is 8.85 Å². The molecule has 0 N–H and O–H groups in total. The van der Waals surface area contributed by atoms with Crippen molar-refractivity contribution in [2.75, 3.05) is 13.7 Å². The van der Waals surface area contributed by atoms with Crippen molar-refractivity contribution < 1.29 is 8.85 Å². The van der Waals surface area contributed by atoms with E-state index in [-0.39, 0.29) is 0 Å². The summed E-state index contributed by atoms with van der Waals surface area (Å²) in [4.78, 5) is 0. The van der Waals surface area contributed by atoms with E-state index >= 15 is 0 Å². The van der Waals surface area contributed by atoms with E-state index < -0.39 is 16.6 Å². The molecule has 0 fully saturated rings. The molecule has 0 aliphatic carbocycles. The van der Waals surface area contributed by atoms with Crippen molar-refractivity contribution in [3.63, 3.8) is 0 Å². The standard InChI is InChI=1S/C8H22O2Si2/c1-9-12(5,6)8-7-10-11(2,3)4/h7-8H2,1-6H3. The Balaban J connectivity index is 3.57. The van der Waals surface area contributed by atoms with Crippen LogP contribution >= 0.6 is 0 Å². The van der Waals surface area contributed by atoms with Crippen LogP contribution in [0.3, 0.4) is 0 Å². The van der Waals surface area contributed by atoms with Crippen LogP contribution in [0.2, 0.25) is 38.8 Å². The van der Waals surface area contributed by atoms with Crippen LogP contribution in [-0.4, -0.2) is 30.4 Å². The van der Waals surface area contributed by atoms with E-state index in [0.29, 0.717) is 0 Å². The predicted molar refractivity (Wildman–Crippen MR) is 58.6 cm³/mol. The second kappa shape index (κ2) is 4.55. The Kier molecular flexibility index (Phi) is 4.69. The summed E-state index contributed by atoms with van der Waals surface area (Å²) < 4.78 is 11.2. The third kappa shape index (κ3) is 7.03. The van der Waals surface area contributed by atoms with Crippen molar-refractivity contribution in [2.24, 2.45) is 0 Å². The van der Waals surface area contributed by atoms with Gasteiger partial charge in [-0.3, -0.25) is 0 Å². The van der Waals surface area contributed by atoms with Gasteiger partial charge in [-0.25, -0.2) is 0 Å². The van der Waals surface area contributed by atoms with Crippen molar-refractivity contribution in [1.29, 1.82) is 0 Å². The molecule has 0 aliphatic rings. The molecule has 0 heterocycles. The van der Waals surface area contributed by atoms with Crippen LogP contribution in [0.1, 0.15) is 0 Å². The molecular formula is C8H22O2Si2. The third-order valence-electron chi connectivity index (χ3n) is 1.79. The topological polar surface area (TPSA) is 18.5 Å². The van der Waals surface area contributed by atoms with Gasteiger partial charge in [0.15, 0.2) is 16.6 Å². The molecule has 0 aromatic rings. The highest BCUT2D eigenvalue weighted by Crippen LogP contribution is 2.11. The molecule has 12 heavy (non-hydrogen) atoms. The maximum atomic E-state index is 5.76. The zero-order valence-corrected chi connectivity index (χ0v) is 11.2. The highest BCUT2D eigenvalue weighted by Gasteiger charge is 2.22. The van der Waals surface area contributed by atoms with Gasteiger partial charge in [0.25, 0.3) is 0 Å². The zero-order valence-electron chi connectivity index (χ0n) is 9.23. The largest absolute Gasteiger partial charge is 0.420 e. The lowest BCUT2D eigenvalue weighted by Crippen LogP contribution is -2.33. The van der Waals surface area contributed by atoms with E-state index in [1.807, 2.05) is 0 Å². The number of hydrogen-bond acceptors (Lipinski definition) is 2. The van der Waals surface area contributed by atoms with E-state index in [1.54, 1.807) is 7.11 Å². The van der Waals surface area contributed by atoms with E-state index in [1.165, 1.54) is 0 Å². The summed E-state index contributed by atoms with van der Waals surface area (Å²) in [6, 6.07) is 1.10. The van der Waals surface area contributed by atoms with Crippen LogP contribution in [0.25, 0.3) is 0 Å². The first-order valence-electron chi connectivity index (χ1n) is 4.46. The minimum absolute atomic E-state index is 0.878. The fraction of sp³-hybridized carbons (Fsp3) is 1.00. The quantitative estimate of drug-likeness (QED) is 0.644. The van der Waals surface area contributed by atoms with Crippen molar-refractivity contribution in [3.05, 3.63) is 0 Å². The van der Waals surface area contributed by atoms with Crippen LogP contribution in [0.5, 0.6) is 0 Å². The first-order valence-corrected chi connectivity index (χ1v) is 11.0. The molecule has 0 radical (unpaired) electrons. The van der Waals surface area contributed by atoms with E-state index in [0.717, 1.165) is 12.7 Å². The van der Waals surface area contributed by atoms with Gasteiger partial charge in [-0.1, -0.05) is 0 Å². The van der Waals surface area contributed by atoms with E-state index in [9.17, 15) is 0 Å². The van der Waals surface area contributed by atoms with Gasteiger partial charge >= 0.3 is 0 Å². The maximum absolute atomic E-state index is 5.76. The highest BCUT2D eigenvalue weighted by atomic mass is 28.4. The van der Waals surface area contributed by atoms with Crippen LogP contribution < -0.4 is 0 Å². The molecule has 4 heteroatoms. The Hall–Kier alpha value is 0.354. The molecule has 74 valence electrons. The second-order valence-electron chi connectivity index (χ2n) is 4.67. The summed E-state index contributed by atoms with van der Waals surface area (Å²) in [6.45, 7) is 12.0. The molecule has 0 aromatic heterocycles. The lowest BCUT2D eigenvalue weighted by molar-refractivity contribution is 0.317. The normalized spacial score (nSPS) is 13.5. The third-order valence-corrected chi connectivity index (χ3v) is 5.38. The molecule has 0 aliphatic heterocycles. The molecule has 0 amide bonds. The molecule has 0 bridgehead atoms. The van der Waals surface area contributed by atoms with Gasteiger partial charge in [-0.05, 0) is 38.8 Å². The monoisotopic (exact) mass is 206 g/mol.